The fraction of sp³-hybridized carbons (Fsp3) is 0.375. The summed E-state index contributed by atoms with van der Waals surface area (Å²) in [6, 6.07) is 2.79. The van der Waals surface area contributed by atoms with E-state index in [0.29, 0.717) is 25.1 Å². The summed E-state index contributed by atoms with van der Waals surface area (Å²) in [6.45, 7) is 0.606. The number of carbonyl (C=O) groups is 1. The molecule has 0 radical (unpaired) electrons. The van der Waals surface area contributed by atoms with Crippen molar-refractivity contribution >= 4 is 22.9 Å². The zero-order chi connectivity index (χ0) is 19.0. The van der Waals surface area contributed by atoms with Crippen LogP contribution in [0.3, 0.4) is 0 Å². The number of nitrogens with zero attached hydrogens (tertiary/aromatic N) is 4. The fourth-order valence-electron chi connectivity index (χ4n) is 3.15. The molecule has 142 valence electrons. The van der Waals surface area contributed by atoms with Crippen LogP contribution in [-0.4, -0.2) is 38.4 Å². The molecule has 2 N–H and O–H groups in total. The molecule has 0 spiro atoms. The lowest BCUT2D eigenvalue weighted by atomic mass is 10.2. The maximum Gasteiger partial charge on any atom is 0.451 e. The van der Waals surface area contributed by atoms with Gasteiger partial charge in [0.2, 0.25) is 11.7 Å². The number of nitrogens with one attached hydrogen (secondary N) is 2. The van der Waals surface area contributed by atoms with Crippen molar-refractivity contribution in [2.75, 3.05) is 11.4 Å². The standard InChI is InChI=1S/C16H15F3N6O2/c17-16(18,19)15-23-12-11(21-8-22-12)13(24-15)25-5-1-4-10(25)14(26)20-7-9-3-2-6-27-9/h2-3,6,8,10H,1,4-5,7H2,(H,20,26)(H,21,22,23,24). The molecule has 3 aromatic heterocycles. The summed E-state index contributed by atoms with van der Waals surface area (Å²) in [5, 5.41) is 2.75. The molecule has 1 aliphatic rings. The molecule has 1 saturated heterocycles. The summed E-state index contributed by atoms with van der Waals surface area (Å²) in [6.07, 6.45) is -0.799. The van der Waals surface area contributed by atoms with Gasteiger partial charge in [-0.2, -0.15) is 13.2 Å². The second-order valence-electron chi connectivity index (χ2n) is 6.12. The maximum absolute atomic E-state index is 13.2. The molecule has 1 fully saturated rings. The van der Waals surface area contributed by atoms with Gasteiger partial charge in [-0.25, -0.2) is 15.0 Å². The van der Waals surface area contributed by atoms with Crippen molar-refractivity contribution in [2.24, 2.45) is 0 Å². The molecular formula is C16H15F3N6O2. The first-order valence-electron chi connectivity index (χ1n) is 8.28. The van der Waals surface area contributed by atoms with Crippen molar-refractivity contribution in [3.05, 3.63) is 36.3 Å². The normalized spacial score (nSPS) is 17.6. The fourth-order valence-corrected chi connectivity index (χ4v) is 3.15. The number of aromatic nitrogens is 4. The Morgan fingerprint density at radius 2 is 2.26 bits per heavy atom. The molecule has 27 heavy (non-hydrogen) atoms. The minimum atomic E-state index is -4.71. The van der Waals surface area contributed by atoms with Gasteiger partial charge in [-0.15, -0.1) is 0 Å². The number of fused-ring (bicyclic) bond motifs is 1. The van der Waals surface area contributed by atoms with E-state index in [1.54, 1.807) is 17.0 Å². The van der Waals surface area contributed by atoms with Gasteiger partial charge in [-0.1, -0.05) is 0 Å². The first-order valence-corrected chi connectivity index (χ1v) is 8.28. The lowest BCUT2D eigenvalue weighted by Gasteiger charge is -2.25. The smallest absolute Gasteiger partial charge is 0.451 e. The van der Waals surface area contributed by atoms with Crippen molar-refractivity contribution in [2.45, 2.75) is 31.6 Å². The lowest BCUT2D eigenvalue weighted by Crippen LogP contribution is -2.43. The van der Waals surface area contributed by atoms with Gasteiger partial charge in [-0.3, -0.25) is 4.79 Å². The third-order valence-electron chi connectivity index (χ3n) is 4.36. The Morgan fingerprint density at radius 1 is 1.41 bits per heavy atom. The predicted octanol–water partition coefficient (Wildman–Crippen LogP) is 2.25. The van der Waals surface area contributed by atoms with Crippen LogP contribution < -0.4 is 10.2 Å². The van der Waals surface area contributed by atoms with Crippen LogP contribution in [0, 0.1) is 0 Å². The highest BCUT2D eigenvalue weighted by Crippen LogP contribution is 2.33. The van der Waals surface area contributed by atoms with Crippen molar-refractivity contribution < 1.29 is 22.4 Å². The van der Waals surface area contributed by atoms with E-state index in [4.69, 9.17) is 4.42 Å². The molecule has 1 unspecified atom stereocenters. The van der Waals surface area contributed by atoms with Crippen molar-refractivity contribution in [3.8, 4) is 0 Å². The Bertz CT molecular complexity index is 953. The van der Waals surface area contributed by atoms with Crippen LogP contribution in [0.4, 0.5) is 19.0 Å². The van der Waals surface area contributed by atoms with Gasteiger partial charge in [-0.05, 0) is 25.0 Å². The molecule has 1 amide bonds. The quantitative estimate of drug-likeness (QED) is 0.720. The monoisotopic (exact) mass is 380 g/mol. The van der Waals surface area contributed by atoms with Crippen LogP contribution in [0.1, 0.15) is 24.4 Å². The Hall–Kier alpha value is -3.11. The summed E-state index contributed by atoms with van der Waals surface area (Å²) >= 11 is 0. The molecule has 3 aromatic rings. The number of halogens is 3. The SMILES string of the molecule is O=C(NCc1ccco1)C1CCCN1c1nc(C(F)(F)F)nc2nc[nH]c12. The third kappa shape index (κ3) is 3.32. The van der Waals surface area contributed by atoms with E-state index in [9.17, 15) is 18.0 Å². The zero-order valence-corrected chi connectivity index (χ0v) is 14.0. The molecule has 4 rings (SSSR count). The summed E-state index contributed by atoms with van der Waals surface area (Å²) < 4.78 is 44.6. The summed E-state index contributed by atoms with van der Waals surface area (Å²) in [4.78, 5) is 27.9. The zero-order valence-electron chi connectivity index (χ0n) is 14.0. The minimum absolute atomic E-state index is 0.0282. The molecule has 1 aliphatic heterocycles. The molecule has 11 heteroatoms. The second kappa shape index (κ2) is 6.56. The van der Waals surface area contributed by atoms with E-state index in [0.717, 1.165) is 0 Å². The topological polar surface area (TPSA) is 99.9 Å². The minimum Gasteiger partial charge on any atom is -0.467 e. The largest absolute Gasteiger partial charge is 0.467 e. The number of furan rings is 1. The van der Waals surface area contributed by atoms with E-state index in [1.807, 2.05) is 0 Å². The van der Waals surface area contributed by atoms with Crippen LogP contribution in [0.25, 0.3) is 11.2 Å². The third-order valence-corrected chi connectivity index (χ3v) is 4.36. The molecule has 0 saturated carbocycles. The number of hydrogen-bond donors (Lipinski definition) is 2. The number of H-pyrrole nitrogens is 1. The van der Waals surface area contributed by atoms with Crippen LogP contribution in [0.5, 0.6) is 0 Å². The Morgan fingerprint density at radius 3 is 3.00 bits per heavy atom. The summed E-state index contributed by atoms with van der Waals surface area (Å²) in [7, 11) is 0. The number of carbonyl (C=O) groups excluding carboxylic acids is 1. The van der Waals surface area contributed by atoms with Crippen molar-refractivity contribution in [1.29, 1.82) is 0 Å². The van der Waals surface area contributed by atoms with Gasteiger partial charge in [0.25, 0.3) is 0 Å². The number of alkyl halides is 3. The highest BCUT2D eigenvalue weighted by atomic mass is 19.4. The van der Waals surface area contributed by atoms with Crippen molar-refractivity contribution in [3.63, 3.8) is 0 Å². The van der Waals surface area contributed by atoms with Gasteiger partial charge >= 0.3 is 6.18 Å². The van der Waals surface area contributed by atoms with Gasteiger partial charge in [0.15, 0.2) is 11.5 Å². The molecule has 4 heterocycles. The number of rotatable bonds is 4. The number of hydrogen-bond acceptors (Lipinski definition) is 6. The molecule has 0 aromatic carbocycles. The predicted molar refractivity (Wildman–Crippen MR) is 87.6 cm³/mol. The molecule has 0 bridgehead atoms. The van der Waals surface area contributed by atoms with Crippen LogP contribution >= 0.6 is 0 Å². The number of amides is 1. The lowest BCUT2D eigenvalue weighted by molar-refractivity contribution is -0.144. The first kappa shape index (κ1) is 17.3. The number of aromatic amines is 1. The van der Waals surface area contributed by atoms with Crippen LogP contribution in [-0.2, 0) is 17.5 Å². The molecule has 8 nitrogen and oxygen atoms in total. The first-order chi connectivity index (χ1) is 12.9. The molecular weight excluding hydrogens is 365 g/mol. The second-order valence-corrected chi connectivity index (χ2v) is 6.12. The van der Waals surface area contributed by atoms with E-state index in [-0.39, 0.29) is 29.4 Å². The summed E-state index contributed by atoms with van der Waals surface area (Å²) in [5.74, 6) is -0.965. The molecule has 0 aliphatic carbocycles. The van der Waals surface area contributed by atoms with Crippen LogP contribution in [0.15, 0.2) is 29.1 Å². The van der Waals surface area contributed by atoms with E-state index < -0.39 is 18.0 Å². The Labute approximate surface area is 150 Å². The number of anilines is 1. The maximum atomic E-state index is 13.2. The average molecular weight is 380 g/mol. The van der Waals surface area contributed by atoms with Gasteiger partial charge in [0.1, 0.15) is 17.3 Å². The van der Waals surface area contributed by atoms with E-state index in [2.05, 4.69) is 25.3 Å². The molecule has 1 atom stereocenters. The van der Waals surface area contributed by atoms with Crippen molar-refractivity contribution in [1.82, 2.24) is 25.3 Å². The van der Waals surface area contributed by atoms with Gasteiger partial charge in [0.05, 0.1) is 19.1 Å². The van der Waals surface area contributed by atoms with Gasteiger partial charge < -0.3 is 19.6 Å². The highest BCUT2D eigenvalue weighted by molar-refractivity contribution is 5.90. The average Bonchev–Trinajstić information content (AvgIpc) is 3.38. The Kier molecular flexibility index (Phi) is 4.21. The van der Waals surface area contributed by atoms with Gasteiger partial charge in [0, 0.05) is 6.54 Å². The Balaban J connectivity index is 1.63. The summed E-state index contributed by atoms with van der Waals surface area (Å²) in [5.41, 5.74) is 0.183. The number of imidazole rings is 1. The van der Waals surface area contributed by atoms with E-state index in [1.165, 1.54) is 12.6 Å². The van der Waals surface area contributed by atoms with Crippen LogP contribution in [0.2, 0.25) is 0 Å². The highest BCUT2D eigenvalue weighted by Gasteiger charge is 2.39. The van der Waals surface area contributed by atoms with E-state index >= 15 is 0 Å².